The molecule has 0 aliphatic carbocycles. The van der Waals surface area contributed by atoms with Crippen LogP contribution in [-0.4, -0.2) is 63.9 Å². The Labute approximate surface area is 134 Å². The molecule has 0 aromatic carbocycles. The standard InChI is InChI=1S/C12H15N5O7/c18-8(3-14-11(22)12(23)24)17-7(1-6-2-13-5-16-6)10(21)15-4-9(19)20/h2,5,7H,1,3-4H2,(H,13,16)(H,14,22)(H,15,21)(H,17,18)(H,19,20)(H,23,24)/p-2. The molecule has 0 aliphatic heterocycles. The van der Waals surface area contributed by atoms with Gasteiger partial charge in [0.1, 0.15) is 6.04 Å². The summed E-state index contributed by atoms with van der Waals surface area (Å²) in [6, 6.07) is -1.29. The summed E-state index contributed by atoms with van der Waals surface area (Å²) < 4.78 is 0. The fraction of sp³-hybridized carbons (Fsp3) is 0.333. The predicted molar refractivity (Wildman–Crippen MR) is 72.2 cm³/mol. The van der Waals surface area contributed by atoms with Crippen molar-refractivity contribution in [1.29, 1.82) is 0 Å². The second-order valence-electron chi connectivity index (χ2n) is 4.40. The quantitative estimate of drug-likeness (QED) is 0.205. The van der Waals surface area contributed by atoms with Gasteiger partial charge in [-0.15, -0.1) is 0 Å². The molecule has 12 nitrogen and oxygen atoms in total. The number of rotatable bonds is 8. The molecule has 130 valence electrons. The summed E-state index contributed by atoms with van der Waals surface area (Å²) in [5.74, 6) is -6.51. The average Bonchev–Trinajstić information content (AvgIpc) is 3.02. The molecule has 2 amide bonds. The van der Waals surface area contributed by atoms with Crippen molar-refractivity contribution in [1.82, 2.24) is 20.6 Å². The van der Waals surface area contributed by atoms with Gasteiger partial charge in [0, 0.05) is 24.9 Å². The molecule has 0 saturated heterocycles. The van der Waals surface area contributed by atoms with Gasteiger partial charge in [0.25, 0.3) is 0 Å². The zero-order valence-electron chi connectivity index (χ0n) is 12.1. The lowest BCUT2D eigenvalue weighted by atomic mass is 10.1. The number of carboxylic acid groups (broad SMARTS) is 2. The Balaban J connectivity index is 2.77. The molecule has 1 rings (SSSR count). The molecule has 1 atom stereocenters. The van der Waals surface area contributed by atoms with E-state index in [1.54, 1.807) is 5.32 Å². The fourth-order valence-electron chi connectivity index (χ4n) is 1.53. The number of H-pyrrole nitrogens is 1. The lowest BCUT2D eigenvalue weighted by Gasteiger charge is -2.17. The van der Waals surface area contributed by atoms with Crippen LogP contribution in [0.3, 0.4) is 0 Å². The van der Waals surface area contributed by atoms with Gasteiger partial charge in [0.15, 0.2) is 0 Å². The van der Waals surface area contributed by atoms with Gasteiger partial charge < -0.3 is 35.7 Å². The highest BCUT2D eigenvalue weighted by Crippen LogP contribution is 2.03. The first-order valence-electron chi connectivity index (χ1n) is 6.49. The first kappa shape index (κ1) is 18.6. The second-order valence-corrected chi connectivity index (χ2v) is 4.40. The minimum absolute atomic E-state index is 0.0858. The van der Waals surface area contributed by atoms with E-state index in [-0.39, 0.29) is 6.42 Å². The summed E-state index contributed by atoms with van der Waals surface area (Å²) in [5.41, 5.74) is 0.453. The zero-order chi connectivity index (χ0) is 18.1. The van der Waals surface area contributed by atoms with Crippen LogP contribution in [0.25, 0.3) is 0 Å². The number of carbonyl (C=O) groups excluding carboxylic acids is 3. The summed E-state index contributed by atoms with van der Waals surface area (Å²) in [5, 5.41) is 34.2. The van der Waals surface area contributed by atoms with Crippen molar-refractivity contribution >= 4 is 29.7 Å². The Morgan fingerprint density at radius 3 is 2.50 bits per heavy atom. The van der Waals surface area contributed by atoms with Gasteiger partial charge in [-0.3, -0.25) is 14.6 Å². The van der Waals surface area contributed by atoms with E-state index in [2.05, 4.69) is 15.0 Å². The normalized spacial score (nSPS) is 12.2. The van der Waals surface area contributed by atoms with Gasteiger partial charge in [-0.05, 0) is 5.90 Å². The maximum Gasteiger partial charge on any atom is 0.394 e. The molecule has 4 N–H and O–H groups in total. The molecule has 24 heavy (non-hydrogen) atoms. The molecule has 0 bridgehead atoms. The molecular weight excluding hydrogens is 326 g/mol. The Morgan fingerprint density at radius 1 is 1.25 bits per heavy atom. The minimum Gasteiger partial charge on any atom is -0.861 e. The predicted octanol–water partition coefficient (Wildman–Crippen LogP) is -4.85. The molecular formula is C12H13N5O7-2. The summed E-state index contributed by atoms with van der Waals surface area (Å²) in [6.45, 7) is -1.49. The van der Waals surface area contributed by atoms with Crippen molar-refractivity contribution in [3.05, 3.63) is 18.2 Å². The van der Waals surface area contributed by atoms with Crippen molar-refractivity contribution in [2.45, 2.75) is 12.5 Å². The van der Waals surface area contributed by atoms with Crippen LogP contribution in [-0.2, 0) is 25.6 Å². The van der Waals surface area contributed by atoms with Gasteiger partial charge in [0.2, 0.25) is 5.91 Å². The van der Waals surface area contributed by atoms with Crippen molar-refractivity contribution in [3.8, 4) is 0 Å². The number of imidazole rings is 1. The number of hydrogen-bond acceptors (Lipinski definition) is 8. The van der Waals surface area contributed by atoms with Crippen LogP contribution in [0.15, 0.2) is 17.5 Å². The number of carboxylic acids is 2. The van der Waals surface area contributed by atoms with Crippen molar-refractivity contribution < 1.29 is 34.5 Å². The lowest BCUT2D eigenvalue weighted by Crippen LogP contribution is -2.44. The van der Waals surface area contributed by atoms with Gasteiger partial charge in [0.05, 0.1) is 18.8 Å². The number of amides is 2. The number of aromatic amines is 1. The highest BCUT2D eigenvalue weighted by Gasteiger charge is 2.18. The SMILES string of the molecule is O=C([O-])CNC(=O)C(Cc1cnc[nH]1)N=C([O-])CNC(=O)C(=O)O. The highest BCUT2D eigenvalue weighted by molar-refractivity contribution is 6.31. The molecule has 12 heteroatoms. The molecule has 0 aliphatic rings. The molecule has 1 heterocycles. The lowest BCUT2D eigenvalue weighted by molar-refractivity contribution is -0.304. The number of carbonyl (C=O) groups is 4. The minimum atomic E-state index is -1.77. The largest absolute Gasteiger partial charge is 0.861 e. The topological polar surface area (TPSA) is 200 Å². The van der Waals surface area contributed by atoms with Crippen LogP contribution in [0.4, 0.5) is 0 Å². The number of aromatic nitrogens is 2. The van der Waals surface area contributed by atoms with E-state index in [1.807, 2.05) is 5.32 Å². The smallest absolute Gasteiger partial charge is 0.394 e. The van der Waals surface area contributed by atoms with E-state index >= 15 is 0 Å². The first-order chi connectivity index (χ1) is 11.3. The maximum atomic E-state index is 11.9. The Hall–Kier alpha value is -3.44. The Morgan fingerprint density at radius 2 is 1.96 bits per heavy atom. The van der Waals surface area contributed by atoms with Crippen LogP contribution in [0.1, 0.15) is 5.69 Å². The number of nitrogens with zero attached hydrogens (tertiary/aromatic N) is 2. The highest BCUT2D eigenvalue weighted by atomic mass is 16.4. The van der Waals surface area contributed by atoms with Gasteiger partial charge >= 0.3 is 11.9 Å². The monoisotopic (exact) mass is 339 g/mol. The van der Waals surface area contributed by atoms with Crippen molar-refractivity contribution in [3.63, 3.8) is 0 Å². The molecule has 0 radical (unpaired) electrons. The third-order valence-corrected chi connectivity index (χ3v) is 2.57. The van der Waals surface area contributed by atoms with Gasteiger partial charge in [-0.1, -0.05) is 0 Å². The summed E-state index contributed by atoms with van der Waals surface area (Å²) in [4.78, 5) is 53.4. The third-order valence-electron chi connectivity index (χ3n) is 2.57. The molecule has 1 aromatic heterocycles. The van der Waals surface area contributed by atoms with Crippen LogP contribution in [0, 0.1) is 0 Å². The van der Waals surface area contributed by atoms with E-state index in [0.717, 1.165) is 0 Å². The average molecular weight is 339 g/mol. The summed E-state index contributed by atoms with van der Waals surface area (Å²) >= 11 is 0. The van der Waals surface area contributed by atoms with E-state index in [1.165, 1.54) is 12.5 Å². The number of hydrogen-bond donors (Lipinski definition) is 4. The van der Waals surface area contributed by atoms with Crippen molar-refractivity contribution in [2.24, 2.45) is 4.99 Å². The Bertz CT molecular complexity index is 640. The van der Waals surface area contributed by atoms with E-state index in [0.29, 0.717) is 5.69 Å². The first-order valence-corrected chi connectivity index (χ1v) is 6.49. The summed E-state index contributed by atoms with van der Waals surface area (Å²) in [6.07, 6.45) is 2.63. The molecule has 1 unspecified atom stereocenters. The Kier molecular flexibility index (Phi) is 6.88. The molecule has 0 saturated carbocycles. The van der Waals surface area contributed by atoms with Crippen LogP contribution in [0.5, 0.6) is 0 Å². The van der Waals surface area contributed by atoms with E-state index in [4.69, 9.17) is 5.11 Å². The summed E-state index contributed by atoms with van der Waals surface area (Å²) in [7, 11) is 0. The van der Waals surface area contributed by atoms with Gasteiger partial charge in [-0.25, -0.2) is 9.78 Å². The van der Waals surface area contributed by atoms with Crippen LogP contribution in [0.2, 0.25) is 0 Å². The van der Waals surface area contributed by atoms with E-state index in [9.17, 15) is 29.4 Å². The molecule has 0 fully saturated rings. The maximum absolute atomic E-state index is 11.9. The van der Waals surface area contributed by atoms with Gasteiger partial charge in [-0.2, -0.15) is 0 Å². The second kappa shape index (κ2) is 8.87. The molecule has 1 aromatic rings. The van der Waals surface area contributed by atoms with Crippen LogP contribution < -0.4 is 20.8 Å². The van der Waals surface area contributed by atoms with Crippen molar-refractivity contribution in [2.75, 3.05) is 13.1 Å². The number of aliphatic imine (C=N–C) groups is 1. The van der Waals surface area contributed by atoms with E-state index < -0.39 is 48.8 Å². The molecule has 0 spiro atoms. The fourth-order valence-corrected chi connectivity index (χ4v) is 1.53. The number of nitrogens with one attached hydrogen (secondary N) is 3. The number of aliphatic carboxylic acids is 2. The third kappa shape index (κ3) is 6.55. The van der Waals surface area contributed by atoms with Crippen LogP contribution >= 0.6 is 0 Å². The zero-order valence-corrected chi connectivity index (χ0v) is 12.1.